The van der Waals surface area contributed by atoms with Crippen LogP contribution in [-0.4, -0.2) is 37.4 Å². The summed E-state index contributed by atoms with van der Waals surface area (Å²) in [7, 11) is 0. The molecule has 2 aromatic heterocycles. The number of nitrogens with zero attached hydrogens (tertiary/aromatic N) is 4. The third-order valence-electron chi connectivity index (χ3n) is 4.93. The summed E-state index contributed by atoms with van der Waals surface area (Å²) in [6.07, 6.45) is 1.61. The van der Waals surface area contributed by atoms with Crippen LogP contribution >= 0.6 is 11.8 Å². The van der Waals surface area contributed by atoms with Crippen molar-refractivity contribution < 1.29 is 9.21 Å². The Hall–Kier alpha value is -3.32. The molecule has 4 rings (SSSR count). The first-order valence-corrected chi connectivity index (χ1v) is 11.1. The van der Waals surface area contributed by atoms with E-state index in [9.17, 15) is 4.79 Å². The van der Waals surface area contributed by atoms with Crippen molar-refractivity contribution >= 4 is 17.7 Å². The number of carbonyl (C=O) groups excluding carboxylic acids is 1. The highest BCUT2D eigenvalue weighted by molar-refractivity contribution is 8.00. The molecule has 1 unspecified atom stereocenters. The second kappa shape index (κ2) is 9.66. The second-order valence-electron chi connectivity index (χ2n) is 7.05. The highest BCUT2D eigenvalue weighted by Crippen LogP contribution is 2.31. The molecule has 0 aliphatic rings. The summed E-state index contributed by atoms with van der Waals surface area (Å²) in [5.41, 5.74) is 2.03. The SMILES string of the molecule is CCN(Cc1ccccc1)C(=O)C(C)Sc1nnc(-c2ccco2)n1-c1ccccc1. The molecular formula is C24H24N4O2S. The maximum Gasteiger partial charge on any atom is 0.236 e. The molecule has 0 bridgehead atoms. The largest absolute Gasteiger partial charge is 0.461 e. The fourth-order valence-corrected chi connectivity index (χ4v) is 4.29. The first-order chi connectivity index (χ1) is 15.2. The summed E-state index contributed by atoms with van der Waals surface area (Å²) >= 11 is 1.40. The zero-order valence-electron chi connectivity index (χ0n) is 17.5. The Morgan fingerprint density at radius 1 is 1.03 bits per heavy atom. The molecule has 0 aliphatic heterocycles. The normalized spacial score (nSPS) is 11.9. The molecule has 6 nitrogen and oxygen atoms in total. The van der Waals surface area contributed by atoms with Gasteiger partial charge in [-0.05, 0) is 43.7 Å². The van der Waals surface area contributed by atoms with Gasteiger partial charge in [-0.1, -0.05) is 60.3 Å². The van der Waals surface area contributed by atoms with Gasteiger partial charge >= 0.3 is 0 Å². The molecule has 158 valence electrons. The number of hydrogen-bond acceptors (Lipinski definition) is 5. The Morgan fingerprint density at radius 3 is 2.39 bits per heavy atom. The number of amides is 1. The van der Waals surface area contributed by atoms with Gasteiger partial charge in [0.15, 0.2) is 10.9 Å². The maximum absolute atomic E-state index is 13.2. The smallest absolute Gasteiger partial charge is 0.236 e. The van der Waals surface area contributed by atoms with Crippen LogP contribution in [0.3, 0.4) is 0 Å². The van der Waals surface area contributed by atoms with Crippen LogP contribution in [-0.2, 0) is 11.3 Å². The summed E-state index contributed by atoms with van der Waals surface area (Å²) in [5.74, 6) is 1.30. The number of aromatic nitrogens is 3. The van der Waals surface area contributed by atoms with Gasteiger partial charge in [-0.3, -0.25) is 9.36 Å². The van der Waals surface area contributed by atoms with Gasteiger partial charge in [-0.15, -0.1) is 10.2 Å². The number of furan rings is 1. The Morgan fingerprint density at radius 2 is 1.74 bits per heavy atom. The lowest BCUT2D eigenvalue weighted by Crippen LogP contribution is -2.36. The van der Waals surface area contributed by atoms with E-state index in [0.717, 1.165) is 11.3 Å². The van der Waals surface area contributed by atoms with Gasteiger partial charge in [0.1, 0.15) is 0 Å². The molecule has 0 saturated heterocycles. The zero-order chi connectivity index (χ0) is 21.6. The van der Waals surface area contributed by atoms with E-state index in [4.69, 9.17) is 4.42 Å². The Kier molecular flexibility index (Phi) is 6.52. The lowest BCUT2D eigenvalue weighted by atomic mass is 10.2. The fourth-order valence-electron chi connectivity index (χ4n) is 3.34. The first-order valence-electron chi connectivity index (χ1n) is 10.2. The predicted molar refractivity (Wildman–Crippen MR) is 122 cm³/mol. The highest BCUT2D eigenvalue weighted by Gasteiger charge is 2.25. The average molecular weight is 433 g/mol. The van der Waals surface area contributed by atoms with Crippen LogP contribution in [0.2, 0.25) is 0 Å². The molecule has 0 N–H and O–H groups in total. The van der Waals surface area contributed by atoms with Crippen molar-refractivity contribution in [3.8, 4) is 17.3 Å². The molecule has 7 heteroatoms. The van der Waals surface area contributed by atoms with Crippen molar-refractivity contribution in [1.29, 1.82) is 0 Å². The van der Waals surface area contributed by atoms with E-state index >= 15 is 0 Å². The van der Waals surface area contributed by atoms with Crippen molar-refractivity contribution in [1.82, 2.24) is 19.7 Å². The zero-order valence-corrected chi connectivity index (χ0v) is 18.3. The van der Waals surface area contributed by atoms with Crippen LogP contribution in [0.15, 0.2) is 88.6 Å². The molecule has 0 fully saturated rings. The van der Waals surface area contributed by atoms with Crippen LogP contribution in [0.5, 0.6) is 0 Å². The Balaban J connectivity index is 1.59. The number of thioether (sulfide) groups is 1. The van der Waals surface area contributed by atoms with E-state index in [1.54, 1.807) is 6.26 Å². The molecule has 0 aliphatic carbocycles. The molecule has 4 aromatic rings. The third-order valence-corrected chi connectivity index (χ3v) is 5.96. The van der Waals surface area contributed by atoms with Crippen LogP contribution in [0.25, 0.3) is 17.3 Å². The van der Waals surface area contributed by atoms with Crippen molar-refractivity contribution in [3.05, 3.63) is 84.6 Å². The van der Waals surface area contributed by atoms with Crippen molar-refractivity contribution in [2.24, 2.45) is 0 Å². The van der Waals surface area contributed by atoms with Gasteiger partial charge in [0, 0.05) is 18.8 Å². The van der Waals surface area contributed by atoms with E-state index in [0.29, 0.717) is 29.8 Å². The highest BCUT2D eigenvalue weighted by atomic mass is 32.2. The molecule has 31 heavy (non-hydrogen) atoms. The predicted octanol–water partition coefficient (Wildman–Crippen LogP) is 5.06. The van der Waals surface area contributed by atoms with Gasteiger partial charge in [0.2, 0.25) is 11.7 Å². The Labute approximate surface area is 185 Å². The summed E-state index contributed by atoms with van der Waals surface area (Å²) in [4.78, 5) is 15.1. The number of rotatable bonds is 8. The number of benzene rings is 2. The molecule has 0 saturated carbocycles. The quantitative estimate of drug-likeness (QED) is 0.364. The molecule has 1 amide bonds. The lowest BCUT2D eigenvalue weighted by molar-refractivity contribution is -0.130. The van der Waals surface area contributed by atoms with Crippen LogP contribution in [0.1, 0.15) is 19.4 Å². The monoisotopic (exact) mass is 432 g/mol. The van der Waals surface area contributed by atoms with Crippen molar-refractivity contribution in [3.63, 3.8) is 0 Å². The summed E-state index contributed by atoms with van der Waals surface area (Å²) < 4.78 is 7.49. The van der Waals surface area contributed by atoms with E-state index in [1.165, 1.54) is 11.8 Å². The standard InChI is InChI=1S/C24H24N4O2S/c1-3-27(17-19-11-6-4-7-12-19)23(29)18(2)31-24-26-25-22(21-15-10-16-30-21)28(24)20-13-8-5-9-14-20/h4-16,18H,3,17H2,1-2H3. The molecule has 0 radical (unpaired) electrons. The minimum atomic E-state index is -0.320. The molecule has 0 spiro atoms. The van der Waals surface area contributed by atoms with Crippen molar-refractivity contribution in [2.75, 3.05) is 6.54 Å². The van der Waals surface area contributed by atoms with Gasteiger partial charge in [-0.25, -0.2) is 0 Å². The molecule has 1 atom stereocenters. The molecule has 2 heterocycles. The third kappa shape index (κ3) is 4.72. The fraction of sp³-hybridized carbons (Fsp3) is 0.208. The van der Waals surface area contributed by atoms with E-state index in [-0.39, 0.29) is 11.2 Å². The average Bonchev–Trinajstić information content (AvgIpc) is 3.48. The lowest BCUT2D eigenvalue weighted by Gasteiger charge is -2.24. The van der Waals surface area contributed by atoms with Gasteiger partial charge in [0.25, 0.3) is 0 Å². The number of para-hydroxylation sites is 1. The summed E-state index contributed by atoms with van der Waals surface area (Å²) in [5, 5.41) is 9.07. The Bertz CT molecular complexity index is 1110. The molecule has 2 aromatic carbocycles. The van der Waals surface area contributed by atoms with E-state index in [1.807, 2.05) is 96.1 Å². The summed E-state index contributed by atoms with van der Waals surface area (Å²) in [6, 6.07) is 23.6. The molecular weight excluding hydrogens is 408 g/mol. The minimum absolute atomic E-state index is 0.0681. The number of hydrogen-bond donors (Lipinski definition) is 0. The van der Waals surface area contributed by atoms with Crippen molar-refractivity contribution in [2.45, 2.75) is 30.8 Å². The van der Waals surface area contributed by atoms with Crippen LogP contribution in [0.4, 0.5) is 0 Å². The van der Waals surface area contributed by atoms with Crippen LogP contribution in [0, 0.1) is 0 Å². The maximum atomic E-state index is 13.2. The topological polar surface area (TPSA) is 64.2 Å². The second-order valence-corrected chi connectivity index (χ2v) is 8.36. The van der Waals surface area contributed by atoms with Gasteiger partial charge in [-0.2, -0.15) is 0 Å². The number of carbonyl (C=O) groups is 1. The van der Waals surface area contributed by atoms with E-state index in [2.05, 4.69) is 10.2 Å². The first kappa shape index (κ1) is 20.9. The minimum Gasteiger partial charge on any atom is -0.461 e. The van der Waals surface area contributed by atoms with Gasteiger partial charge < -0.3 is 9.32 Å². The summed E-state index contributed by atoms with van der Waals surface area (Å²) in [6.45, 7) is 5.14. The van der Waals surface area contributed by atoms with E-state index < -0.39 is 0 Å². The van der Waals surface area contributed by atoms with Crippen LogP contribution < -0.4 is 0 Å². The van der Waals surface area contributed by atoms with Gasteiger partial charge in [0.05, 0.1) is 11.5 Å².